The van der Waals surface area contributed by atoms with Crippen LogP contribution in [0.2, 0.25) is 0 Å². The summed E-state index contributed by atoms with van der Waals surface area (Å²) in [7, 11) is 0. The summed E-state index contributed by atoms with van der Waals surface area (Å²) in [6.07, 6.45) is 7.05. The van der Waals surface area contributed by atoms with Crippen LogP contribution in [0.1, 0.15) is 71.7 Å². The van der Waals surface area contributed by atoms with Gasteiger partial charge in [-0.05, 0) is 73.7 Å². The zero-order valence-corrected chi connectivity index (χ0v) is 27.2. The summed E-state index contributed by atoms with van der Waals surface area (Å²) in [5.41, 5.74) is 5.69. The molecule has 2 heterocycles. The number of carbonyl (C=O) groups is 2. The molecule has 242 valence electrons. The van der Waals surface area contributed by atoms with Crippen LogP contribution in [0.15, 0.2) is 85.2 Å². The minimum atomic E-state index is -0.485. The topological polar surface area (TPSA) is 132 Å². The average Bonchev–Trinajstić information content (AvgIpc) is 3.12. The molecule has 0 saturated heterocycles. The van der Waals surface area contributed by atoms with E-state index in [1.807, 2.05) is 61.2 Å². The molecule has 0 radical (unpaired) electrons. The molecule has 0 unspecified atom stereocenters. The standard InChI is InChI=1S/C38H36N6O4/c1-4-32-19-35(33-15-26(3)11-13-34(33)44(32)38(46)47-5-2)43(24-31-17-29(20-39)16-30(18-31)21-40)37-41-22-28(23-42-37)12-14-36(45)48-25-27-9-7-6-8-10-27/h6-18,22-23,32,35H,4-5,19,24-25H2,1-3H3/b14-12+/t32-,35+/m1/s1. The molecule has 1 aliphatic rings. The Hall–Kier alpha value is -6.00. The number of benzene rings is 3. The summed E-state index contributed by atoms with van der Waals surface area (Å²) >= 11 is 0. The number of carbonyl (C=O) groups excluding carboxylic acids is 2. The summed E-state index contributed by atoms with van der Waals surface area (Å²) in [4.78, 5) is 38.8. The largest absolute Gasteiger partial charge is 0.458 e. The first-order valence-electron chi connectivity index (χ1n) is 15.8. The predicted molar refractivity (Wildman–Crippen MR) is 181 cm³/mol. The Balaban J connectivity index is 1.50. The highest BCUT2D eigenvalue weighted by atomic mass is 16.6. The van der Waals surface area contributed by atoms with E-state index in [0.29, 0.717) is 42.0 Å². The minimum Gasteiger partial charge on any atom is -0.458 e. The fourth-order valence-corrected chi connectivity index (χ4v) is 5.87. The van der Waals surface area contributed by atoms with E-state index in [1.54, 1.807) is 48.5 Å². The average molecular weight is 641 g/mol. The highest BCUT2D eigenvalue weighted by Crippen LogP contribution is 2.43. The summed E-state index contributed by atoms with van der Waals surface area (Å²) in [6, 6.07) is 24.4. The van der Waals surface area contributed by atoms with Gasteiger partial charge in [0.2, 0.25) is 5.95 Å². The van der Waals surface area contributed by atoms with E-state index in [4.69, 9.17) is 19.4 Å². The molecule has 0 aliphatic carbocycles. The molecular weight excluding hydrogens is 604 g/mol. The van der Waals surface area contributed by atoms with Crippen LogP contribution in [0.4, 0.5) is 16.4 Å². The van der Waals surface area contributed by atoms with Gasteiger partial charge in [-0.1, -0.05) is 55.0 Å². The number of aromatic nitrogens is 2. The van der Waals surface area contributed by atoms with Crippen molar-refractivity contribution < 1.29 is 19.1 Å². The number of fused-ring (bicyclic) bond motifs is 1. The number of aryl methyl sites for hydroxylation is 1. The summed E-state index contributed by atoms with van der Waals surface area (Å²) in [6.45, 7) is 6.55. The van der Waals surface area contributed by atoms with Crippen LogP contribution in [0.5, 0.6) is 0 Å². The summed E-state index contributed by atoms with van der Waals surface area (Å²) in [5.74, 6) is -0.0715. The molecule has 48 heavy (non-hydrogen) atoms. The number of esters is 1. The molecule has 10 heteroatoms. The van der Waals surface area contributed by atoms with Gasteiger partial charge in [0.1, 0.15) is 6.61 Å². The Kier molecular flexibility index (Phi) is 10.8. The Bertz CT molecular complexity index is 1850. The maximum atomic E-state index is 13.2. The maximum absolute atomic E-state index is 13.2. The molecule has 1 amide bonds. The first-order valence-corrected chi connectivity index (χ1v) is 15.8. The molecule has 2 atom stereocenters. The van der Waals surface area contributed by atoms with Crippen molar-refractivity contribution in [3.8, 4) is 12.1 Å². The molecular formula is C38H36N6O4. The van der Waals surface area contributed by atoms with Crippen molar-refractivity contribution in [1.29, 1.82) is 10.5 Å². The first kappa shape index (κ1) is 33.4. The molecule has 0 saturated carbocycles. The molecule has 5 rings (SSSR count). The Morgan fingerprint density at radius 1 is 0.958 bits per heavy atom. The summed E-state index contributed by atoms with van der Waals surface area (Å²) in [5, 5.41) is 19.3. The Morgan fingerprint density at radius 2 is 1.67 bits per heavy atom. The molecule has 10 nitrogen and oxygen atoms in total. The Morgan fingerprint density at radius 3 is 2.31 bits per heavy atom. The number of hydrogen-bond acceptors (Lipinski definition) is 9. The van der Waals surface area contributed by atoms with Crippen LogP contribution < -0.4 is 9.80 Å². The van der Waals surface area contributed by atoms with Crippen molar-refractivity contribution in [3.63, 3.8) is 0 Å². The zero-order valence-electron chi connectivity index (χ0n) is 27.2. The van der Waals surface area contributed by atoms with Crippen LogP contribution >= 0.6 is 0 Å². The third-order valence-electron chi connectivity index (χ3n) is 8.13. The van der Waals surface area contributed by atoms with Crippen molar-refractivity contribution in [2.75, 3.05) is 16.4 Å². The van der Waals surface area contributed by atoms with E-state index in [1.165, 1.54) is 6.08 Å². The highest BCUT2D eigenvalue weighted by Gasteiger charge is 2.39. The van der Waals surface area contributed by atoms with Gasteiger partial charge in [0.25, 0.3) is 0 Å². The Labute approximate surface area is 280 Å². The van der Waals surface area contributed by atoms with Crippen molar-refractivity contribution in [2.45, 2.75) is 58.8 Å². The van der Waals surface area contributed by atoms with Crippen molar-refractivity contribution >= 4 is 29.8 Å². The van der Waals surface area contributed by atoms with Crippen LogP contribution in [-0.2, 0) is 27.4 Å². The van der Waals surface area contributed by atoms with E-state index in [9.17, 15) is 20.1 Å². The number of amides is 1. The van der Waals surface area contributed by atoms with E-state index in [-0.39, 0.29) is 25.3 Å². The normalized spacial score (nSPS) is 15.2. The second-order valence-corrected chi connectivity index (χ2v) is 11.5. The van der Waals surface area contributed by atoms with Crippen molar-refractivity contribution in [1.82, 2.24) is 9.97 Å². The lowest BCUT2D eigenvalue weighted by atomic mass is 9.87. The van der Waals surface area contributed by atoms with Gasteiger partial charge in [-0.2, -0.15) is 10.5 Å². The van der Waals surface area contributed by atoms with Crippen LogP contribution in [0.3, 0.4) is 0 Å². The molecule has 0 bridgehead atoms. The van der Waals surface area contributed by atoms with E-state index in [0.717, 1.165) is 27.9 Å². The molecule has 0 N–H and O–H groups in total. The van der Waals surface area contributed by atoms with Gasteiger partial charge in [0, 0.05) is 36.6 Å². The van der Waals surface area contributed by atoms with Crippen LogP contribution in [0, 0.1) is 29.6 Å². The smallest absolute Gasteiger partial charge is 0.414 e. The van der Waals surface area contributed by atoms with E-state index in [2.05, 4.69) is 18.2 Å². The van der Waals surface area contributed by atoms with Crippen LogP contribution in [0.25, 0.3) is 6.08 Å². The number of anilines is 2. The van der Waals surface area contributed by atoms with E-state index >= 15 is 0 Å². The third kappa shape index (κ3) is 7.86. The lowest BCUT2D eigenvalue weighted by Gasteiger charge is -2.44. The highest BCUT2D eigenvalue weighted by molar-refractivity contribution is 5.90. The molecule has 3 aromatic carbocycles. The number of nitriles is 2. The monoisotopic (exact) mass is 640 g/mol. The van der Waals surface area contributed by atoms with Crippen LogP contribution in [-0.4, -0.2) is 34.7 Å². The molecule has 1 aromatic heterocycles. The van der Waals surface area contributed by atoms with Crippen molar-refractivity contribution in [2.24, 2.45) is 0 Å². The number of rotatable bonds is 10. The quantitative estimate of drug-likeness (QED) is 0.131. The number of hydrogen-bond donors (Lipinski definition) is 0. The van der Waals surface area contributed by atoms with E-state index < -0.39 is 12.1 Å². The minimum absolute atomic E-state index is 0.170. The number of nitrogens with zero attached hydrogens (tertiary/aromatic N) is 6. The SMILES string of the molecule is CCOC(=O)N1c2ccc(C)cc2[C@@H](N(Cc2cc(C#N)cc(C#N)c2)c2ncc(/C=C/C(=O)OCc3ccccc3)cn2)C[C@H]1CC. The first-order chi connectivity index (χ1) is 23.3. The maximum Gasteiger partial charge on any atom is 0.414 e. The predicted octanol–water partition coefficient (Wildman–Crippen LogP) is 7.18. The fourth-order valence-electron chi connectivity index (χ4n) is 5.87. The van der Waals surface area contributed by atoms with Gasteiger partial charge < -0.3 is 14.4 Å². The lowest BCUT2D eigenvalue weighted by molar-refractivity contribution is -0.138. The lowest BCUT2D eigenvalue weighted by Crippen LogP contribution is -2.48. The zero-order chi connectivity index (χ0) is 34.0. The van der Waals surface area contributed by atoms with Gasteiger partial charge in [0.05, 0.1) is 41.6 Å². The third-order valence-corrected chi connectivity index (χ3v) is 8.13. The van der Waals surface area contributed by atoms with Crippen molar-refractivity contribution in [3.05, 3.63) is 124 Å². The molecule has 0 fully saturated rings. The van der Waals surface area contributed by atoms with Gasteiger partial charge >= 0.3 is 12.1 Å². The van der Waals surface area contributed by atoms with Gasteiger partial charge in [-0.3, -0.25) is 4.90 Å². The molecule has 1 aliphatic heterocycles. The second-order valence-electron chi connectivity index (χ2n) is 11.5. The molecule has 4 aromatic rings. The second kappa shape index (κ2) is 15.5. The fraction of sp³-hybridized carbons (Fsp3) is 0.263. The molecule has 0 spiro atoms. The number of ether oxygens (including phenoxy) is 2. The summed E-state index contributed by atoms with van der Waals surface area (Å²) < 4.78 is 10.8. The van der Waals surface area contributed by atoms with Gasteiger partial charge in [-0.25, -0.2) is 19.6 Å². The van der Waals surface area contributed by atoms with Gasteiger partial charge in [-0.15, -0.1) is 0 Å². The van der Waals surface area contributed by atoms with Gasteiger partial charge in [0.15, 0.2) is 0 Å².